The summed E-state index contributed by atoms with van der Waals surface area (Å²) >= 11 is 6.33. The highest BCUT2D eigenvalue weighted by Gasteiger charge is 2.13. The first-order chi connectivity index (χ1) is 15.1. The molecule has 1 amide bonds. The van der Waals surface area contributed by atoms with Gasteiger partial charge in [-0.25, -0.2) is 0 Å². The van der Waals surface area contributed by atoms with Crippen LogP contribution in [0.3, 0.4) is 0 Å². The summed E-state index contributed by atoms with van der Waals surface area (Å²) in [4.78, 5) is 12.3. The van der Waals surface area contributed by atoms with E-state index < -0.39 is 0 Å². The van der Waals surface area contributed by atoms with Gasteiger partial charge in [0, 0.05) is 36.7 Å². The molecular formula is C24H29ClN2O4. The summed E-state index contributed by atoms with van der Waals surface area (Å²) in [6, 6.07) is 11.7. The van der Waals surface area contributed by atoms with Crippen molar-refractivity contribution >= 4 is 35.0 Å². The summed E-state index contributed by atoms with van der Waals surface area (Å²) in [6.07, 6.45) is 6.03. The fraction of sp³-hybridized carbons (Fsp3) is 0.375. The van der Waals surface area contributed by atoms with Gasteiger partial charge in [-0.3, -0.25) is 4.79 Å². The van der Waals surface area contributed by atoms with E-state index in [1.54, 1.807) is 25.3 Å². The Morgan fingerprint density at radius 1 is 1.19 bits per heavy atom. The average Bonchev–Trinajstić information content (AvgIpc) is 2.78. The Labute approximate surface area is 188 Å². The molecule has 166 valence electrons. The predicted octanol–water partition coefficient (Wildman–Crippen LogP) is 5.38. The van der Waals surface area contributed by atoms with E-state index in [1.807, 2.05) is 31.2 Å². The molecule has 0 spiro atoms. The molecule has 0 atom stereocenters. The van der Waals surface area contributed by atoms with E-state index >= 15 is 0 Å². The molecule has 1 aliphatic heterocycles. The summed E-state index contributed by atoms with van der Waals surface area (Å²) in [5.74, 6) is 0.822. The summed E-state index contributed by atoms with van der Waals surface area (Å²) in [7, 11) is 1.56. The first-order valence-corrected chi connectivity index (χ1v) is 10.9. The first kappa shape index (κ1) is 23.0. The van der Waals surface area contributed by atoms with Crippen LogP contribution in [0.1, 0.15) is 31.7 Å². The van der Waals surface area contributed by atoms with Crippen molar-refractivity contribution in [2.45, 2.75) is 32.2 Å². The topological polar surface area (TPSA) is 68.8 Å². The number of carbonyl (C=O) groups is 1. The molecule has 1 saturated heterocycles. The Hall–Kier alpha value is -2.70. The van der Waals surface area contributed by atoms with Gasteiger partial charge >= 0.3 is 0 Å². The number of rotatable bonds is 9. The Morgan fingerprint density at radius 3 is 2.58 bits per heavy atom. The van der Waals surface area contributed by atoms with Crippen LogP contribution >= 0.6 is 11.6 Å². The lowest BCUT2D eigenvalue weighted by Gasteiger charge is -2.24. The molecule has 2 aromatic carbocycles. The molecule has 2 aromatic rings. The largest absolute Gasteiger partial charge is 0.493 e. The molecule has 0 aliphatic carbocycles. The summed E-state index contributed by atoms with van der Waals surface area (Å²) in [6.45, 7) is 4.16. The van der Waals surface area contributed by atoms with Gasteiger partial charge in [-0.15, -0.1) is 0 Å². The van der Waals surface area contributed by atoms with Gasteiger partial charge in [-0.2, -0.15) is 0 Å². The lowest BCUT2D eigenvalue weighted by Crippen LogP contribution is -2.27. The zero-order chi connectivity index (χ0) is 22.1. The van der Waals surface area contributed by atoms with Gasteiger partial charge in [0.2, 0.25) is 5.91 Å². The van der Waals surface area contributed by atoms with Crippen molar-refractivity contribution in [2.24, 2.45) is 0 Å². The second-order valence-electron chi connectivity index (χ2n) is 7.31. The molecule has 0 radical (unpaired) electrons. The number of hydrogen-bond donors (Lipinski definition) is 2. The molecule has 1 fully saturated rings. The van der Waals surface area contributed by atoms with Crippen LogP contribution in [0.5, 0.6) is 11.5 Å². The highest BCUT2D eigenvalue weighted by atomic mass is 35.5. The molecule has 1 aliphatic rings. The Kier molecular flexibility index (Phi) is 8.62. The monoisotopic (exact) mass is 444 g/mol. The van der Waals surface area contributed by atoms with Crippen LogP contribution in [0.25, 0.3) is 6.08 Å². The number of halogens is 1. The fourth-order valence-corrected chi connectivity index (χ4v) is 3.54. The molecule has 0 unspecified atom stereocenters. The van der Waals surface area contributed by atoms with Crippen LogP contribution in [-0.2, 0) is 9.53 Å². The van der Waals surface area contributed by atoms with Crippen molar-refractivity contribution in [3.8, 4) is 11.5 Å². The molecule has 2 N–H and O–H groups in total. The van der Waals surface area contributed by atoms with Crippen LogP contribution in [0, 0.1) is 0 Å². The second-order valence-corrected chi connectivity index (χ2v) is 7.72. The van der Waals surface area contributed by atoms with E-state index in [1.165, 1.54) is 6.08 Å². The van der Waals surface area contributed by atoms with Crippen LogP contribution in [0.2, 0.25) is 5.02 Å². The normalized spacial score (nSPS) is 14.4. The van der Waals surface area contributed by atoms with Gasteiger partial charge in [-0.05, 0) is 67.3 Å². The second kappa shape index (κ2) is 11.6. The number of carbonyl (C=O) groups excluding carboxylic acids is 1. The maximum Gasteiger partial charge on any atom is 0.248 e. The maximum atomic E-state index is 12.3. The maximum absolute atomic E-state index is 12.3. The molecule has 0 aromatic heterocycles. The third-order valence-corrected chi connectivity index (χ3v) is 5.15. The number of methoxy groups -OCH3 is 1. The average molecular weight is 445 g/mol. The quantitative estimate of drug-likeness (QED) is 0.508. The predicted molar refractivity (Wildman–Crippen MR) is 125 cm³/mol. The summed E-state index contributed by atoms with van der Waals surface area (Å²) < 4.78 is 16.4. The standard InChI is InChI=1S/C24H29ClN2O4/c1-3-12-31-24-21(25)15-17(16-22(24)29-2)4-9-23(28)27-19-7-5-18(6-8-19)26-20-10-13-30-14-11-20/h4-9,15-16,20,26H,3,10-14H2,1-2H3,(H,27,28). The van der Waals surface area contributed by atoms with Crippen molar-refractivity contribution in [1.29, 1.82) is 0 Å². The molecule has 7 heteroatoms. The minimum Gasteiger partial charge on any atom is -0.493 e. The molecule has 31 heavy (non-hydrogen) atoms. The lowest BCUT2D eigenvalue weighted by atomic mass is 10.1. The number of anilines is 2. The van der Waals surface area contributed by atoms with Gasteiger partial charge < -0.3 is 24.8 Å². The number of benzene rings is 2. The van der Waals surface area contributed by atoms with Crippen LogP contribution < -0.4 is 20.1 Å². The Bertz CT molecular complexity index is 893. The number of hydrogen-bond acceptors (Lipinski definition) is 5. The summed E-state index contributed by atoms with van der Waals surface area (Å²) in [5.41, 5.74) is 2.51. The van der Waals surface area contributed by atoms with Crippen molar-refractivity contribution in [3.05, 3.63) is 53.1 Å². The van der Waals surface area contributed by atoms with Crippen molar-refractivity contribution < 1.29 is 19.0 Å². The third kappa shape index (κ3) is 6.91. The van der Waals surface area contributed by atoms with Gasteiger partial charge in [-0.1, -0.05) is 18.5 Å². The zero-order valence-electron chi connectivity index (χ0n) is 17.9. The van der Waals surface area contributed by atoms with Crippen LogP contribution in [0.15, 0.2) is 42.5 Å². The molecular weight excluding hydrogens is 416 g/mol. The van der Waals surface area contributed by atoms with Crippen molar-refractivity contribution in [2.75, 3.05) is 37.6 Å². The highest BCUT2D eigenvalue weighted by molar-refractivity contribution is 6.32. The summed E-state index contributed by atoms with van der Waals surface area (Å²) in [5, 5.41) is 6.81. The number of nitrogens with one attached hydrogen (secondary N) is 2. The van der Waals surface area contributed by atoms with Gasteiger partial charge in [0.1, 0.15) is 0 Å². The molecule has 0 bridgehead atoms. The van der Waals surface area contributed by atoms with E-state index in [4.69, 9.17) is 25.8 Å². The number of ether oxygens (including phenoxy) is 3. The van der Waals surface area contributed by atoms with Crippen LogP contribution in [0.4, 0.5) is 11.4 Å². The van der Waals surface area contributed by atoms with Crippen molar-refractivity contribution in [1.82, 2.24) is 0 Å². The first-order valence-electron chi connectivity index (χ1n) is 10.5. The molecule has 1 heterocycles. The van der Waals surface area contributed by atoms with E-state index in [2.05, 4.69) is 10.6 Å². The third-order valence-electron chi connectivity index (χ3n) is 4.87. The Morgan fingerprint density at radius 2 is 1.90 bits per heavy atom. The highest BCUT2D eigenvalue weighted by Crippen LogP contribution is 2.36. The number of amides is 1. The van der Waals surface area contributed by atoms with Crippen LogP contribution in [-0.4, -0.2) is 38.9 Å². The van der Waals surface area contributed by atoms with E-state index in [0.717, 1.165) is 49.4 Å². The molecule has 3 rings (SSSR count). The minimum absolute atomic E-state index is 0.230. The lowest BCUT2D eigenvalue weighted by molar-refractivity contribution is -0.111. The molecule has 6 nitrogen and oxygen atoms in total. The van der Waals surface area contributed by atoms with Gasteiger partial charge in [0.15, 0.2) is 11.5 Å². The minimum atomic E-state index is -0.230. The SMILES string of the molecule is CCCOc1c(Cl)cc(C=CC(=O)Nc2ccc(NC3CCOCC3)cc2)cc1OC. The van der Waals surface area contributed by atoms with E-state index in [9.17, 15) is 4.79 Å². The van der Waals surface area contributed by atoms with Gasteiger partial charge in [0.05, 0.1) is 18.7 Å². The smallest absolute Gasteiger partial charge is 0.248 e. The van der Waals surface area contributed by atoms with Gasteiger partial charge in [0.25, 0.3) is 0 Å². The Balaban J connectivity index is 1.58. The van der Waals surface area contributed by atoms with Crippen molar-refractivity contribution in [3.63, 3.8) is 0 Å². The van der Waals surface area contributed by atoms with E-state index in [-0.39, 0.29) is 5.91 Å². The molecule has 0 saturated carbocycles. The van der Waals surface area contributed by atoms with E-state index in [0.29, 0.717) is 29.2 Å². The zero-order valence-corrected chi connectivity index (χ0v) is 18.7. The fourth-order valence-electron chi connectivity index (χ4n) is 3.26.